The first-order valence-electron chi connectivity index (χ1n) is 5.63. The average Bonchev–Trinajstić information content (AvgIpc) is 2.65. The third-order valence-corrected chi connectivity index (χ3v) is 2.38. The Morgan fingerprint density at radius 2 is 2.28 bits per heavy atom. The topological polar surface area (TPSA) is 84.9 Å². The zero-order chi connectivity index (χ0) is 13.5. The summed E-state index contributed by atoms with van der Waals surface area (Å²) in [4.78, 5) is 24.9. The molecule has 0 spiro atoms. The molecule has 0 amide bonds. The largest absolute Gasteiger partial charge is 0.395 e. The molecule has 0 saturated carbocycles. The van der Waals surface area contributed by atoms with E-state index in [1.54, 1.807) is 18.9 Å². The van der Waals surface area contributed by atoms with Crippen molar-refractivity contribution in [3.63, 3.8) is 0 Å². The third kappa shape index (κ3) is 4.10. The first-order valence-corrected chi connectivity index (χ1v) is 5.63. The van der Waals surface area contributed by atoms with E-state index < -0.39 is 11.5 Å². The van der Waals surface area contributed by atoms with Crippen molar-refractivity contribution >= 4 is 5.91 Å². The Hall–Kier alpha value is -1.44. The number of rotatable bonds is 7. The highest BCUT2D eigenvalue weighted by molar-refractivity contribution is 5.79. The summed E-state index contributed by atoms with van der Waals surface area (Å²) in [6, 6.07) is 1.25. The predicted molar refractivity (Wildman–Crippen MR) is 63.7 cm³/mol. The van der Waals surface area contributed by atoms with E-state index in [9.17, 15) is 9.59 Å². The van der Waals surface area contributed by atoms with Crippen LogP contribution in [0.25, 0.3) is 0 Å². The van der Waals surface area contributed by atoms with E-state index in [2.05, 4.69) is 0 Å². The molecule has 0 unspecified atom stereocenters. The van der Waals surface area contributed by atoms with Gasteiger partial charge in [-0.05, 0) is 6.92 Å². The lowest BCUT2D eigenvalue weighted by Gasteiger charge is -2.19. The van der Waals surface area contributed by atoms with Gasteiger partial charge < -0.3 is 14.4 Å². The average molecular weight is 258 g/mol. The van der Waals surface area contributed by atoms with Gasteiger partial charge in [0, 0.05) is 26.3 Å². The molecular formula is C11H18N2O5. The molecule has 0 aliphatic heterocycles. The Bertz CT molecular complexity index is 437. The third-order valence-electron chi connectivity index (χ3n) is 2.38. The van der Waals surface area contributed by atoms with Crippen LogP contribution < -0.4 is 5.56 Å². The number of methoxy groups -OCH3 is 1. The number of carbonyl (C=O) groups is 1. The Labute approximate surface area is 105 Å². The monoisotopic (exact) mass is 258 g/mol. The van der Waals surface area contributed by atoms with Gasteiger partial charge in [0.1, 0.15) is 5.76 Å². The van der Waals surface area contributed by atoms with Crippen LogP contribution in [0.5, 0.6) is 0 Å². The van der Waals surface area contributed by atoms with Gasteiger partial charge in [0.2, 0.25) is 0 Å². The van der Waals surface area contributed by atoms with Gasteiger partial charge in [-0.2, -0.15) is 0 Å². The number of carbonyl (C=O) groups excluding carboxylic acids is 1. The summed E-state index contributed by atoms with van der Waals surface area (Å²) in [7, 11) is 1.55. The van der Waals surface area contributed by atoms with Crippen LogP contribution in [0.3, 0.4) is 0 Å². The molecule has 1 rings (SSSR count). The van der Waals surface area contributed by atoms with Crippen molar-refractivity contribution in [1.82, 2.24) is 9.64 Å². The van der Waals surface area contributed by atoms with Gasteiger partial charge >= 0.3 is 0 Å². The minimum Gasteiger partial charge on any atom is -0.395 e. The van der Waals surface area contributed by atoms with Crippen molar-refractivity contribution in [2.75, 3.05) is 40.0 Å². The number of aliphatic hydroxyl groups excluding tert-OH is 1. The highest BCUT2D eigenvalue weighted by Crippen LogP contribution is 1.95. The van der Waals surface area contributed by atoms with Crippen molar-refractivity contribution in [3.8, 4) is 0 Å². The second kappa shape index (κ2) is 7.10. The number of hydrogen-bond donors (Lipinski definition) is 1. The molecule has 1 N–H and O–H groups in total. The fraction of sp³-hybridized carbons (Fsp3) is 0.636. The van der Waals surface area contributed by atoms with Crippen molar-refractivity contribution in [2.24, 2.45) is 0 Å². The Morgan fingerprint density at radius 3 is 2.78 bits per heavy atom. The molecule has 102 valence electrons. The number of nitrogens with zero attached hydrogens (tertiary/aromatic N) is 2. The molecule has 0 saturated heterocycles. The van der Waals surface area contributed by atoms with Crippen LogP contribution in [0, 0.1) is 6.92 Å². The highest BCUT2D eigenvalue weighted by Gasteiger charge is 2.16. The van der Waals surface area contributed by atoms with Crippen molar-refractivity contribution in [2.45, 2.75) is 6.92 Å². The first-order chi connectivity index (χ1) is 8.58. The Balaban J connectivity index is 2.65. The van der Waals surface area contributed by atoms with Gasteiger partial charge in [-0.25, -0.2) is 0 Å². The number of aryl methyl sites for hydroxylation is 1. The van der Waals surface area contributed by atoms with E-state index in [1.807, 2.05) is 0 Å². The van der Waals surface area contributed by atoms with Gasteiger partial charge in [0.05, 0.1) is 19.8 Å². The lowest BCUT2D eigenvalue weighted by Crippen LogP contribution is -2.38. The molecule has 0 fully saturated rings. The summed E-state index contributed by atoms with van der Waals surface area (Å²) in [6.07, 6.45) is 0. The molecule has 0 aliphatic carbocycles. The van der Waals surface area contributed by atoms with E-state index in [0.29, 0.717) is 25.5 Å². The van der Waals surface area contributed by atoms with Crippen LogP contribution in [0.2, 0.25) is 0 Å². The van der Waals surface area contributed by atoms with Gasteiger partial charge in [-0.3, -0.25) is 14.5 Å². The lowest BCUT2D eigenvalue weighted by atomic mass is 10.4. The van der Waals surface area contributed by atoms with Crippen LogP contribution in [-0.2, 0) is 4.74 Å². The van der Waals surface area contributed by atoms with Crippen LogP contribution in [0.1, 0.15) is 10.6 Å². The standard InChI is InChI=1S/C11H18N2O5/c1-9-7-10(15)13(18-9)11(16)8-12(3-5-14)4-6-17-2/h7,14H,3-6,8H2,1-2H3. The molecule has 1 heterocycles. The zero-order valence-electron chi connectivity index (χ0n) is 10.6. The minimum atomic E-state index is -0.479. The van der Waals surface area contributed by atoms with E-state index in [1.165, 1.54) is 6.07 Å². The van der Waals surface area contributed by atoms with Gasteiger partial charge in [-0.15, -0.1) is 4.74 Å². The van der Waals surface area contributed by atoms with Gasteiger partial charge in [-0.1, -0.05) is 0 Å². The van der Waals surface area contributed by atoms with Crippen LogP contribution in [0.4, 0.5) is 0 Å². The molecule has 0 aromatic carbocycles. The second-order valence-corrected chi connectivity index (χ2v) is 3.87. The van der Waals surface area contributed by atoms with Crippen LogP contribution in [-0.4, -0.2) is 60.6 Å². The molecular weight excluding hydrogens is 240 g/mol. The summed E-state index contributed by atoms with van der Waals surface area (Å²) in [5.41, 5.74) is -0.479. The quantitative estimate of drug-likeness (QED) is 0.698. The van der Waals surface area contributed by atoms with Crippen molar-refractivity contribution < 1.29 is 19.2 Å². The van der Waals surface area contributed by atoms with Crippen LogP contribution in [0.15, 0.2) is 15.4 Å². The van der Waals surface area contributed by atoms with Crippen molar-refractivity contribution in [3.05, 3.63) is 22.2 Å². The van der Waals surface area contributed by atoms with E-state index in [-0.39, 0.29) is 13.2 Å². The Kier molecular flexibility index (Phi) is 5.76. The molecule has 18 heavy (non-hydrogen) atoms. The minimum absolute atomic E-state index is 0.00319. The summed E-state index contributed by atoms with van der Waals surface area (Å²) >= 11 is 0. The molecule has 0 atom stereocenters. The van der Waals surface area contributed by atoms with Gasteiger partial charge in [0.15, 0.2) is 0 Å². The number of aliphatic hydroxyl groups is 1. The molecule has 0 bridgehead atoms. The SMILES string of the molecule is COCCN(CCO)CC(=O)n1oc(C)cc1=O. The fourth-order valence-corrected chi connectivity index (χ4v) is 1.51. The second-order valence-electron chi connectivity index (χ2n) is 3.87. The smallest absolute Gasteiger partial charge is 0.290 e. The zero-order valence-corrected chi connectivity index (χ0v) is 10.6. The lowest BCUT2D eigenvalue weighted by molar-refractivity contribution is 0.0667. The fourth-order valence-electron chi connectivity index (χ4n) is 1.51. The Morgan fingerprint density at radius 1 is 1.56 bits per heavy atom. The molecule has 7 nitrogen and oxygen atoms in total. The predicted octanol–water partition coefficient (Wildman–Crippen LogP) is -0.669. The first kappa shape index (κ1) is 14.6. The normalized spacial score (nSPS) is 11.1. The maximum atomic E-state index is 11.8. The van der Waals surface area contributed by atoms with Gasteiger partial charge in [0.25, 0.3) is 11.5 Å². The highest BCUT2D eigenvalue weighted by atomic mass is 16.5. The maximum Gasteiger partial charge on any atom is 0.290 e. The molecule has 7 heteroatoms. The van der Waals surface area contributed by atoms with E-state index in [4.69, 9.17) is 14.4 Å². The molecule has 1 aromatic heterocycles. The summed E-state index contributed by atoms with van der Waals surface area (Å²) in [5.74, 6) is -0.0726. The molecule has 0 aliphatic rings. The number of hydrogen-bond acceptors (Lipinski definition) is 6. The molecule has 0 radical (unpaired) electrons. The number of ether oxygens (including phenoxy) is 1. The van der Waals surface area contributed by atoms with E-state index in [0.717, 1.165) is 4.74 Å². The van der Waals surface area contributed by atoms with Crippen LogP contribution >= 0.6 is 0 Å². The van der Waals surface area contributed by atoms with E-state index >= 15 is 0 Å². The number of aromatic nitrogens is 1. The molecule has 1 aromatic rings. The summed E-state index contributed by atoms with van der Waals surface area (Å²) in [5, 5.41) is 8.89. The van der Waals surface area contributed by atoms with Crippen molar-refractivity contribution in [1.29, 1.82) is 0 Å². The summed E-state index contributed by atoms with van der Waals surface area (Å²) < 4.78 is 10.6. The summed E-state index contributed by atoms with van der Waals surface area (Å²) in [6.45, 7) is 2.81. The maximum absolute atomic E-state index is 11.8.